The first-order chi connectivity index (χ1) is 10.1. The zero-order valence-corrected chi connectivity index (χ0v) is 14.1. The monoisotopic (exact) mass is 292 g/mol. The SMILES string of the molecule is CC(C)CC1CCCC(NCC(c2ccco2)N(C)C)C1. The van der Waals surface area contributed by atoms with E-state index in [1.54, 1.807) is 6.26 Å². The van der Waals surface area contributed by atoms with Crippen LogP contribution in [0.15, 0.2) is 22.8 Å². The molecule has 3 atom stereocenters. The molecule has 0 aromatic carbocycles. The van der Waals surface area contributed by atoms with E-state index >= 15 is 0 Å². The zero-order valence-electron chi connectivity index (χ0n) is 14.1. The third kappa shape index (κ3) is 5.15. The predicted molar refractivity (Wildman–Crippen MR) is 88.3 cm³/mol. The molecule has 0 bridgehead atoms. The van der Waals surface area contributed by atoms with Crippen molar-refractivity contribution in [3.63, 3.8) is 0 Å². The van der Waals surface area contributed by atoms with Gasteiger partial charge in [-0.3, -0.25) is 4.90 Å². The summed E-state index contributed by atoms with van der Waals surface area (Å²) >= 11 is 0. The van der Waals surface area contributed by atoms with E-state index in [-0.39, 0.29) is 0 Å². The van der Waals surface area contributed by atoms with Gasteiger partial charge in [-0.25, -0.2) is 0 Å². The van der Waals surface area contributed by atoms with Crippen molar-refractivity contribution in [2.75, 3.05) is 20.6 Å². The minimum Gasteiger partial charge on any atom is -0.468 e. The summed E-state index contributed by atoms with van der Waals surface area (Å²) in [5.74, 6) is 2.80. The lowest BCUT2D eigenvalue weighted by Gasteiger charge is -2.32. The topological polar surface area (TPSA) is 28.4 Å². The van der Waals surface area contributed by atoms with Crippen LogP contribution in [0, 0.1) is 11.8 Å². The number of hydrogen-bond donors (Lipinski definition) is 1. The van der Waals surface area contributed by atoms with E-state index in [1.165, 1.54) is 32.1 Å². The summed E-state index contributed by atoms with van der Waals surface area (Å²) in [4.78, 5) is 2.24. The molecule has 1 heterocycles. The maximum Gasteiger partial charge on any atom is 0.122 e. The lowest BCUT2D eigenvalue weighted by atomic mass is 9.81. The minimum atomic E-state index is 0.325. The lowest BCUT2D eigenvalue weighted by Crippen LogP contribution is -2.39. The first-order valence-corrected chi connectivity index (χ1v) is 8.49. The van der Waals surface area contributed by atoms with Gasteiger partial charge in [0.1, 0.15) is 5.76 Å². The molecular weight excluding hydrogens is 260 g/mol. The fourth-order valence-corrected chi connectivity index (χ4v) is 3.65. The average Bonchev–Trinajstić information content (AvgIpc) is 2.92. The molecule has 0 aliphatic heterocycles. The Kier molecular flexibility index (Phi) is 6.31. The Labute approximate surface area is 130 Å². The number of rotatable bonds is 7. The highest BCUT2D eigenvalue weighted by Gasteiger charge is 2.24. The quantitative estimate of drug-likeness (QED) is 0.821. The van der Waals surface area contributed by atoms with Crippen LogP contribution < -0.4 is 5.32 Å². The van der Waals surface area contributed by atoms with Gasteiger partial charge in [-0.05, 0) is 57.3 Å². The maximum atomic E-state index is 5.59. The fraction of sp³-hybridized carbons (Fsp3) is 0.778. The van der Waals surface area contributed by atoms with Crippen LogP contribution in [0.5, 0.6) is 0 Å². The van der Waals surface area contributed by atoms with Crippen molar-refractivity contribution in [1.82, 2.24) is 10.2 Å². The molecule has 0 spiro atoms. The van der Waals surface area contributed by atoms with Crippen molar-refractivity contribution in [2.45, 2.75) is 58.0 Å². The van der Waals surface area contributed by atoms with Crippen molar-refractivity contribution in [2.24, 2.45) is 11.8 Å². The number of nitrogens with zero attached hydrogens (tertiary/aromatic N) is 1. The lowest BCUT2D eigenvalue weighted by molar-refractivity contribution is 0.212. The molecule has 3 unspecified atom stereocenters. The van der Waals surface area contributed by atoms with E-state index < -0.39 is 0 Å². The van der Waals surface area contributed by atoms with Crippen LogP contribution in [0.3, 0.4) is 0 Å². The van der Waals surface area contributed by atoms with Gasteiger partial charge in [-0.2, -0.15) is 0 Å². The molecule has 21 heavy (non-hydrogen) atoms. The molecule has 1 aliphatic rings. The molecule has 0 amide bonds. The highest BCUT2D eigenvalue weighted by molar-refractivity contribution is 5.05. The van der Waals surface area contributed by atoms with Crippen LogP contribution in [-0.4, -0.2) is 31.6 Å². The summed E-state index contributed by atoms with van der Waals surface area (Å²) < 4.78 is 5.59. The van der Waals surface area contributed by atoms with Crippen LogP contribution in [0.1, 0.15) is 57.8 Å². The number of likely N-dealkylation sites (N-methyl/N-ethyl adjacent to an activating group) is 1. The summed E-state index contributed by atoms with van der Waals surface area (Å²) in [5.41, 5.74) is 0. The Bertz CT molecular complexity index is 386. The van der Waals surface area contributed by atoms with Crippen molar-refractivity contribution in [1.29, 1.82) is 0 Å². The smallest absolute Gasteiger partial charge is 0.122 e. The minimum absolute atomic E-state index is 0.325. The molecule has 3 heteroatoms. The van der Waals surface area contributed by atoms with Crippen molar-refractivity contribution in [3.8, 4) is 0 Å². The summed E-state index contributed by atoms with van der Waals surface area (Å²) in [6, 6.07) is 5.06. The maximum absolute atomic E-state index is 5.59. The van der Waals surface area contributed by atoms with E-state index in [4.69, 9.17) is 4.42 Å². The van der Waals surface area contributed by atoms with Crippen LogP contribution in [0.25, 0.3) is 0 Å². The highest BCUT2D eigenvalue weighted by Crippen LogP contribution is 2.29. The Balaban J connectivity index is 1.83. The second-order valence-electron chi connectivity index (χ2n) is 7.26. The standard InChI is InChI=1S/C18H32N2O/c1-14(2)11-15-7-5-8-16(12-15)19-13-17(20(3)4)18-9-6-10-21-18/h6,9-10,14-17,19H,5,7-8,11-13H2,1-4H3. The molecule has 0 saturated heterocycles. The highest BCUT2D eigenvalue weighted by atomic mass is 16.3. The molecule has 3 nitrogen and oxygen atoms in total. The fourth-order valence-electron chi connectivity index (χ4n) is 3.65. The van der Waals surface area contributed by atoms with Crippen LogP contribution >= 0.6 is 0 Å². The van der Waals surface area contributed by atoms with Gasteiger partial charge in [-0.15, -0.1) is 0 Å². The van der Waals surface area contributed by atoms with Gasteiger partial charge in [0.25, 0.3) is 0 Å². The normalized spacial score (nSPS) is 24.7. The van der Waals surface area contributed by atoms with Gasteiger partial charge in [-0.1, -0.05) is 26.7 Å². The Morgan fingerprint density at radius 3 is 2.76 bits per heavy atom. The average molecular weight is 292 g/mol. The van der Waals surface area contributed by atoms with Crippen LogP contribution in [0.2, 0.25) is 0 Å². The predicted octanol–water partition coefficient (Wildman–Crippen LogP) is 4.08. The second-order valence-corrected chi connectivity index (χ2v) is 7.26. The Morgan fingerprint density at radius 1 is 1.33 bits per heavy atom. The molecule has 1 aliphatic carbocycles. The first kappa shape index (κ1) is 16.6. The van der Waals surface area contributed by atoms with Gasteiger partial charge < -0.3 is 9.73 Å². The Morgan fingerprint density at radius 2 is 2.14 bits per heavy atom. The van der Waals surface area contributed by atoms with Crippen molar-refractivity contribution < 1.29 is 4.42 Å². The Hall–Kier alpha value is -0.800. The third-order valence-corrected chi connectivity index (χ3v) is 4.68. The molecule has 1 aromatic heterocycles. The van der Waals surface area contributed by atoms with E-state index in [0.717, 1.165) is 24.1 Å². The summed E-state index contributed by atoms with van der Waals surface area (Å²) in [6.07, 6.45) is 8.62. The second kappa shape index (κ2) is 8.00. The van der Waals surface area contributed by atoms with Crippen molar-refractivity contribution >= 4 is 0 Å². The van der Waals surface area contributed by atoms with Gasteiger partial charge >= 0.3 is 0 Å². The largest absolute Gasteiger partial charge is 0.468 e. The number of hydrogen-bond acceptors (Lipinski definition) is 3. The summed E-state index contributed by atoms with van der Waals surface area (Å²) in [5, 5.41) is 3.79. The number of nitrogens with one attached hydrogen (secondary N) is 1. The third-order valence-electron chi connectivity index (χ3n) is 4.68. The molecule has 2 rings (SSSR count). The zero-order chi connectivity index (χ0) is 15.2. The molecule has 1 aromatic rings. The van der Waals surface area contributed by atoms with Gasteiger partial charge in [0.15, 0.2) is 0 Å². The molecule has 0 radical (unpaired) electrons. The molecule has 1 saturated carbocycles. The van der Waals surface area contributed by atoms with E-state index in [1.807, 2.05) is 6.07 Å². The van der Waals surface area contributed by atoms with Gasteiger partial charge in [0.05, 0.1) is 12.3 Å². The molecule has 120 valence electrons. The summed E-state index contributed by atoms with van der Waals surface area (Å²) in [6.45, 7) is 5.66. The van der Waals surface area contributed by atoms with Crippen LogP contribution in [0.4, 0.5) is 0 Å². The molecule has 1 N–H and O–H groups in total. The van der Waals surface area contributed by atoms with Gasteiger partial charge in [0, 0.05) is 12.6 Å². The number of furan rings is 1. The van der Waals surface area contributed by atoms with E-state index in [0.29, 0.717) is 12.1 Å². The summed E-state index contributed by atoms with van der Waals surface area (Å²) in [7, 11) is 4.24. The van der Waals surface area contributed by atoms with Gasteiger partial charge in [0.2, 0.25) is 0 Å². The van der Waals surface area contributed by atoms with E-state index in [9.17, 15) is 0 Å². The van der Waals surface area contributed by atoms with Crippen LogP contribution in [-0.2, 0) is 0 Å². The first-order valence-electron chi connectivity index (χ1n) is 8.49. The van der Waals surface area contributed by atoms with E-state index in [2.05, 4.69) is 44.2 Å². The van der Waals surface area contributed by atoms with Crippen molar-refractivity contribution in [3.05, 3.63) is 24.2 Å². The molecular formula is C18H32N2O. The molecule has 1 fully saturated rings.